The van der Waals surface area contributed by atoms with Crippen LogP contribution in [0.2, 0.25) is 0 Å². The molecule has 1 aliphatic carbocycles. The van der Waals surface area contributed by atoms with E-state index in [0.29, 0.717) is 32.9 Å². The Morgan fingerprint density at radius 3 is 2.38 bits per heavy atom. The Morgan fingerprint density at radius 1 is 1.03 bits per heavy atom. The molecule has 0 fully saturated rings. The molecule has 6 N–H and O–H groups in total. The van der Waals surface area contributed by atoms with Gasteiger partial charge >= 0.3 is 0 Å². The number of rotatable bonds is 3. The van der Waals surface area contributed by atoms with E-state index in [0.717, 1.165) is 18.5 Å². The van der Waals surface area contributed by atoms with Crippen LogP contribution in [0, 0.1) is 0 Å². The third-order valence-electron chi connectivity index (χ3n) is 8.17. The first-order chi connectivity index (χ1) is 18.6. The van der Waals surface area contributed by atoms with Gasteiger partial charge in [0, 0.05) is 80.4 Å². The molecule has 6 rings (SSSR count). The first-order valence-electron chi connectivity index (χ1n) is 12.9. The largest absolute Gasteiger partial charge is 0.507 e. The summed E-state index contributed by atoms with van der Waals surface area (Å²) in [5.41, 5.74) is 2.63. The minimum absolute atomic E-state index is 0.0104. The van der Waals surface area contributed by atoms with E-state index >= 15 is 0 Å². The SMILES string of the molecule is CCCC1=C(Br)c2c(c(O)c3c(ccc4c(OC)c5c(c(O)c43)CC3=C(O5)C(O)CC(O)C3O)c2O)CN1C. The fourth-order valence-electron chi connectivity index (χ4n) is 6.27. The quantitative estimate of drug-likeness (QED) is 0.194. The summed E-state index contributed by atoms with van der Waals surface area (Å²) in [5, 5.41) is 67.6. The number of hydrogen-bond acceptors (Lipinski definition) is 9. The first kappa shape index (κ1) is 26.1. The molecule has 206 valence electrons. The normalized spacial score (nSPS) is 22.6. The molecule has 39 heavy (non-hydrogen) atoms. The van der Waals surface area contributed by atoms with Crippen molar-refractivity contribution in [1.82, 2.24) is 4.90 Å². The number of nitrogens with zero attached hydrogens (tertiary/aromatic N) is 1. The molecule has 0 radical (unpaired) electrons. The minimum atomic E-state index is -1.27. The highest BCUT2D eigenvalue weighted by Gasteiger charge is 2.41. The van der Waals surface area contributed by atoms with E-state index in [-0.39, 0.29) is 69.3 Å². The van der Waals surface area contributed by atoms with E-state index < -0.39 is 18.3 Å². The van der Waals surface area contributed by atoms with Crippen molar-refractivity contribution >= 4 is 42.0 Å². The van der Waals surface area contributed by atoms with Crippen LogP contribution in [0.1, 0.15) is 42.9 Å². The van der Waals surface area contributed by atoms with E-state index in [1.54, 1.807) is 12.1 Å². The zero-order chi connectivity index (χ0) is 27.9. The third kappa shape index (κ3) is 3.55. The van der Waals surface area contributed by atoms with Crippen molar-refractivity contribution in [1.29, 1.82) is 0 Å². The second-order valence-electron chi connectivity index (χ2n) is 10.4. The van der Waals surface area contributed by atoms with Gasteiger partial charge in [-0.3, -0.25) is 0 Å². The van der Waals surface area contributed by atoms with Crippen LogP contribution < -0.4 is 9.47 Å². The lowest BCUT2D eigenvalue weighted by Gasteiger charge is -2.36. The zero-order valence-corrected chi connectivity index (χ0v) is 23.3. The maximum Gasteiger partial charge on any atom is 0.176 e. The van der Waals surface area contributed by atoms with E-state index in [1.807, 2.05) is 11.9 Å². The topological polar surface area (TPSA) is 143 Å². The van der Waals surface area contributed by atoms with Crippen LogP contribution >= 0.6 is 15.9 Å². The summed E-state index contributed by atoms with van der Waals surface area (Å²) >= 11 is 3.66. The Kier molecular flexibility index (Phi) is 6.14. The number of methoxy groups -OCH3 is 1. The van der Waals surface area contributed by atoms with Crippen LogP contribution in [0.3, 0.4) is 0 Å². The predicted octanol–water partition coefficient (Wildman–Crippen LogP) is 4.10. The van der Waals surface area contributed by atoms with Gasteiger partial charge in [0.15, 0.2) is 11.5 Å². The molecule has 3 aromatic rings. The fourth-order valence-corrected chi connectivity index (χ4v) is 7.20. The molecule has 2 heterocycles. The maximum absolute atomic E-state index is 11.7. The molecule has 0 amide bonds. The van der Waals surface area contributed by atoms with Gasteiger partial charge in [-0.2, -0.15) is 0 Å². The second-order valence-corrected chi connectivity index (χ2v) is 11.2. The standard InChI is InChI=1S/C29H30BrNO8/c1-4-5-16-22(30)21-15(10-31(16)2)26(37)19-11(24(21)35)6-7-12-20(19)25(36)14-8-13-23(34)17(32)9-18(33)27(13)39-29(14)28(12)38-3/h6-7,17-18,23,32-37H,4-5,8-10H2,1-3H3. The smallest absolute Gasteiger partial charge is 0.176 e. The molecule has 3 unspecified atom stereocenters. The summed E-state index contributed by atoms with van der Waals surface area (Å²) in [6, 6.07) is 3.35. The van der Waals surface area contributed by atoms with Crippen molar-refractivity contribution in [2.45, 2.75) is 57.5 Å². The highest BCUT2D eigenvalue weighted by atomic mass is 79.9. The van der Waals surface area contributed by atoms with Crippen molar-refractivity contribution in [3.63, 3.8) is 0 Å². The van der Waals surface area contributed by atoms with Crippen LogP contribution in [0.25, 0.3) is 26.0 Å². The molecular weight excluding hydrogens is 570 g/mol. The van der Waals surface area contributed by atoms with Crippen LogP contribution in [0.15, 0.2) is 29.2 Å². The molecule has 10 heteroatoms. The van der Waals surface area contributed by atoms with E-state index in [9.17, 15) is 30.6 Å². The molecule has 3 aliphatic rings. The van der Waals surface area contributed by atoms with Gasteiger partial charge < -0.3 is 45.0 Å². The van der Waals surface area contributed by atoms with Crippen molar-refractivity contribution in [3.05, 3.63) is 45.9 Å². The van der Waals surface area contributed by atoms with Gasteiger partial charge in [0.25, 0.3) is 0 Å². The lowest BCUT2D eigenvalue weighted by atomic mass is 9.83. The van der Waals surface area contributed by atoms with Gasteiger partial charge in [0.05, 0.1) is 13.2 Å². The Bertz CT molecular complexity index is 1630. The number of aliphatic hydroxyl groups is 3. The molecule has 0 aromatic heterocycles. The third-order valence-corrected chi connectivity index (χ3v) is 9.03. The number of allylic oxidation sites excluding steroid dienone is 1. The van der Waals surface area contributed by atoms with Crippen molar-refractivity contribution in [2.75, 3.05) is 14.2 Å². The van der Waals surface area contributed by atoms with E-state index in [4.69, 9.17) is 9.47 Å². The average Bonchev–Trinajstić information content (AvgIpc) is 2.91. The summed E-state index contributed by atoms with van der Waals surface area (Å²) in [7, 11) is 3.38. The molecule has 0 saturated heterocycles. The Labute approximate surface area is 232 Å². The molecule has 9 nitrogen and oxygen atoms in total. The predicted molar refractivity (Wildman–Crippen MR) is 149 cm³/mol. The Morgan fingerprint density at radius 2 is 1.69 bits per heavy atom. The summed E-state index contributed by atoms with van der Waals surface area (Å²) in [4.78, 5) is 2.03. The molecule has 0 saturated carbocycles. The second kappa shape index (κ2) is 9.19. The van der Waals surface area contributed by atoms with Gasteiger partial charge in [-0.05, 0) is 34.5 Å². The van der Waals surface area contributed by atoms with Gasteiger partial charge in [-0.15, -0.1) is 0 Å². The highest BCUT2D eigenvalue weighted by molar-refractivity contribution is 9.15. The molecule has 2 aliphatic heterocycles. The van der Waals surface area contributed by atoms with Crippen LogP contribution in [-0.4, -0.2) is 68.0 Å². The van der Waals surface area contributed by atoms with Crippen molar-refractivity contribution < 1.29 is 40.1 Å². The van der Waals surface area contributed by atoms with Crippen LogP contribution in [0.4, 0.5) is 0 Å². The van der Waals surface area contributed by atoms with E-state index in [2.05, 4.69) is 22.9 Å². The monoisotopic (exact) mass is 599 g/mol. The highest BCUT2D eigenvalue weighted by Crippen LogP contribution is 2.56. The number of aromatic hydroxyl groups is 3. The number of phenolic OH excluding ortho intramolecular Hbond substituents is 3. The fraction of sp³-hybridized carbons (Fsp3) is 0.379. The summed E-state index contributed by atoms with van der Waals surface area (Å²) in [6.07, 6.45) is -1.96. The summed E-state index contributed by atoms with van der Waals surface area (Å²) in [6.45, 7) is 2.43. The number of aliphatic hydroxyl groups excluding tert-OH is 3. The number of phenols is 3. The van der Waals surface area contributed by atoms with Gasteiger partial charge in [0.1, 0.15) is 35.2 Å². The minimum Gasteiger partial charge on any atom is -0.507 e. The number of fused-ring (bicyclic) bond motifs is 5. The van der Waals surface area contributed by atoms with Crippen molar-refractivity contribution in [3.8, 4) is 28.7 Å². The molecule has 3 atom stereocenters. The van der Waals surface area contributed by atoms with Crippen molar-refractivity contribution in [2.24, 2.45) is 0 Å². The number of hydrogen-bond donors (Lipinski definition) is 6. The van der Waals surface area contributed by atoms with Crippen LogP contribution in [0.5, 0.6) is 28.7 Å². The molecule has 0 bridgehead atoms. The zero-order valence-electron chi connectivity index (χ0n) is 21.7. The van der Waals surface area contributed by atoms with E-state index in [1.165, 1.54) is 7.11 Å². The molecular formula is C29H30BrNO8. The lowest BCUT2D eigenvalue weighted by molar-refractivity contribution is -0.0165. The number of ether oxygens (including phenoxy) is 2. The molecule has 3 aromatic carbocycles. The lowest BCUT2D eigenvalue weighted by Crippen LogP contribution is -2.42. The first-order valence-corrected chi connectivity index (χ1v) is 13.7. The summed E-state index contributed by atoms with van der Waals surface area (Å²) in [5.74, 6) is 0.313. The Hall–Kier alpha value is -3.18. The Balaban J connectivity index is 1.67. The van der Waals surface area contributed by atoms with Gasteiger partial charge in [-0.1, -0.05) is 13.3 Å². The van der Waals surface area contributed by atoms with Gasteiger partial charge in [0.2, 0.25) is 0 Å². The maximum atomic E-state index is 11.7. The van der Waals surface area contributed by atoms with Gasteiger partial charge in [-0.25, -0.2) is 0 Å². The molecule has 0 spiro atoms. The number of halogens is 1. The number of benzene rings is 3. The van der Waals surface area contributed by atoms with Crippen LogP contribution in [-0.2, 0) is 13.0 Å². The average molecular weight is 600 g/mol. The summed E-state index contributed by atoms with van der Waals surface area (Å²) < 4.78 is 12.5.